The predicted octanol–water partition coefficient (Wildman–Crippen LogP) is 1.94. The number of halogens is 2. The second-order valence-corrected chi connectivity index (χ2v) is 3.03. The largest absolute Gasteiger partial charge is 0.466 e. The number of carbonyl (C=O) groups excluding carboxylic acids is 1. The standard InChI is InChI=1S/C11H9F2NO2/c1-2-16-11(15)5-7-3-9(12)8(6-14)10(13)4-7/h3-4H,2,5H2,1H3. The minimum absolute atomic E-state index is 0.146. The maximum Gasteiger partial charge on any atom is 0.310 e. The Labute approximate surface area is 91.3 Å². The SMILES string of the molecule is CCOC(=O)Cc1cc(F)c(C#N)c(F)c1. The Morgan fingerprint density at radius 1 is 1.44 bits per heavy atom. The van der Waals surface area contributed by atoms with E-state index in [4.69, 9.17) is 5.26 Å². The molecule has 0 saturated carbocycles. The molecule has 1 rings (SSSR count). The summed E-state index contributed by atoms with van der Waals surface area (Å²) < 4.78 is 30.9. The molecular formula is C11H9F2NO2. The Hall–Kier alpha value is -1.96. The van der Waals surface area contributed by atoms with Crippen molar-refractivity contribution in [1.82, 2.24) is 0 Å². The first-order valence-corrected chi connectivity index (χ1v) is 4.62. The van der Waals surface area contributed by atoms with Crippen LogP contribution in [0.4, 0.5) is 8.78 Å². The van der Waals surface area contributed by atoms with Gasteiger partial charge in [-0.25, -0.2) is 8.78 Å². The van der Waals surface area contributed by atoms with Crippen LogP contribution in [0.15, 0.2) is 12.1 Å². The number of nitriles is 1. The number of nitrogens with zero attached hydrogens (tertiary/aromatic N) is 1. The molecule has 0 aliphatic heterocycles. The highest BCUT2D eigenvalue weighted by Crippen LogP contribution is 2.15. The Bertz CT molecular complexity index is 429. The third-order valence-corrected chi connectivity index (χ3v) is 1.87. The first-order chi connectivity index (χ1) is 7.58. The van der Waals surface area contributed by atoms with Crippen molar-refractivity contribution in [1.29, 1.82) is 5.26 Å². The molecule has 0 N–H and O–H groups in total. The average Bonchev–Trinajstić information content (AvgIpc) is 2.17. The highest BCUT2D eigenvalue weighted by molar-refractivity contribution is 5.72. The minimum atomic E-state index is -0.971. The summed E-state index contributed by atoms with van der Waals surface area (Å²) >= 11 is 0. The summed E-state index contributed by atoms with van der Waals surface area (Å²) in [6.45, 7) is 1.85. The monoisotopic (exact) mass is 225 g/mol. The molecule has 0 saturated heterocycles. The molecule has 0 heterocycles. The summed E-state index contributed by atoms with van der Waals surface area (Å²) in [4.78, 5) is 11.1. The predicted molar refractivity (Wildman–Crippen MR) is 51.4 cm³/mol. The zero-order valence-corrected chi connectivity index (χ0v) is 8.59. The Morgan fingerprint density at radius 3 is 2.44 bits per heavy atom. The molecule has 0 bridgehead atoms. The topological polar surface area (TPSA) is 50.1 Å². The Kier molecular flexibility index (Phi) is 3.95. The maximum absolute atomic E-state index is 13.1. The van der Waals surface area contributed by atoms with Gasteiger partial charge in [0.15, 0.2) is 0 Å². The molecule has 0 amide bonds. The second-order valence-electron chi connectivity index (χ2n) is 3.03. The van der Waals surface area contributed by atoms with Crippen molar-refractivity contribution >= 4 is 5.97 Å². The van der Waals surface area contributed by atoms with Crippen molar-refractivity contribution in [3.8, 4) is 6.07 Å². The summed E-state index contributed by atoms with van der Waals surface area (Å²) in [5.41, 5.74) is -0.500. The first-order valence-electron chi connectivity index (χ1n) is 4.62. The molecule has 3 nitrogen and oxygen atoms in total. The zero-order chi connectivity index (χ0) is 12.1. The van der Waals surface area contributed by atoms with E-state index in [1.807, 2.05) is 0 Å². The van der Waals surface area contributed by atoms with Crippen molar-refractivity contribution < 1.29 is 18.3 Å². The van der Waals surface area contributed by atoms with E-state index in [1.54, 1.807) is 6.92 Å². The number of hydrogen-bond donors (Lipinski definition) is 0. The summed E-state index contributed by atoms with van der Waals surface area (Å²) in [5.74, 6) is -2.50. The summed E-state index contributed by atoms with van der Waals surface area (Å²) in [7, 11) is 0. The molecule has 5 heteroatoms. The fourth-order valence-corrected chi connectivity index (χ4v) is 1.21. The second kappa shape index (κ2) is 5.21. The van der Waals surface area contributed by atoms with Crippen molar-refractivity contribution in [2.45, 2.75) is 13.3 Å². The van der Waals surface area contributed by atoms with Crippen LogP contribution in [0.1, 0.15) is 18.1 Å². The first kappa shape index (κ1) is 12.1. The van der Waals surface area contributed by atoms with Crippen LogP contribution in [0.2, 0.25) is 0 Å². The number of esters is 1. The summed E-state index contributed by atoms with van der Waals surface area (Å²) in [6, 6.07) is 3.32. The molecule has 0 aliphatic carbocycles. The van der Waals surface area contributed by atoms with Gasteiger partial charge in [-0.2, -0.15) is 5.26 Å². The van der Waals surface area contributed by atoms with Crippen LogP contribution in [0.5, 0.6) is 0 Å². The fraction of sp³-hybridized carbons (Fsp3) is 0.273. The van der Waals surface area contributed by atoms with Gasteiger partial charge < -0.3 is 4.74 Å². The van der Waals surface area contributed by atoms with Crippen LogP contribution in [0.25, 0.3) is 0 Å². The zero-order valence-electron chi connectivity index (χ0n) is 8.59. The molecule has 0 fully saturated rings. The normalized spacial score (nSPS) is 9.62. The molecule has 0 unspecified atom stereocenters. The fourth-order valence-electron chi connectivity index (χ4n) is 1.21. The van der Waals surface area contributed by atoms with E-state index in [2.05, 4.69) is 4.74 Å². The van der Waals surface area contributed by atoms with E-state index in [0.29, 0.717) is 0 Å². The molecule has 84 valence electrons. The molecule has 1 aromatic carbocycles. The van der Waals surface area contributed by atoms with Gasteiger partial charge in [0.2, 0.25) is 0 Å². The number of hydrogen-bond acceptors (Lipinski definition) is 3. The lowest BCUT2D eigenvalue weighted by molar-refractivity contribution is -0.142. The molecule has 0 spiro atoms. The van der Waals surface area contributed by atoms with Gasteiger partial charge in [0.1, 0.15) is 23.3 Å². The van der Waals surface area contributed by atoms with Gasteiger partial charge in [0, 0.05) is 0 Å². The van der Waals surface area contributed by atoms with E-state index in [9.17, 15) is 13.6 Å². The van der Waals surface area contributed by atoms with Gasteiger partial charge in [0.25, 0.3) is 0 Å². The molecule has 16 heavy (non-hydrogen) atoms. The number of benzene rings is 1. The van der Waals surface area contributed by atoms with Crippen molar-refractivity contribution in [2.24, 2.45) is 0 Å². The average molecular weight is 225 g/mol. The Balaban J connectivity index is 2.93. The molecule has 0 aliphatic rings. The third-order valence-electron chi connectivity index (χ3n) is 1.87. The van der Waals surface area contributed by atoms with E-state index in [0.717, 1.165) is 12.1 Å². The van der Waals surface area contributed by atoms with E-state index in [-0.39, 0.29) is 18.6 Å². The molecule has 0 radical (unpaired) electrons. The van der Waals surface area contributed by atoms with Crippen LogP contribution >= 0.6 is 0 Å². The van der Waals surface area contributed by atoms with E-state index >= 15 is 0 Å². The van der Waals surface area contributed by atoms with Crippen molar-refractivity contribution in [3.63, 3.8) is 0 Å². The van der Waals surface area contributed by atoms with Gasteiger partial charge >= 0.3 is 5.97 Å². The van der Waals surface area contributed by atoms with Crippen LogP contribution < -0.4 is 0 Å². The lowest BCUT2D eigenvalue weighted by atomic mass is 10.1. The minimum Gasteiger partial charge on any atom is -0.466 e. The lowest BCUT2D eigenvalue weighted by Crippen LogP contribution is -2.08. The number of ether oxygens (including phenoxy) is 1. The Morgan fingerprint density at radius 2 is 2.00 bits per heavy atom. The van der Waals surface area contributed by atoms with Crippen LogP contribution in [-0.4, -0.2) is 12.6 Å². The molecule has 0 aromatic heterocycles. The quantitative estimate of drug-likeness (QED) is 0.738. The number of carbonyl (C=O) groups is 1. The lowest BCUT2D eigenvalue weighted by Gasteiger charge is -2.03. The summed E-state index contributed by atoms with van der Waals surface area (Å²) in [5, 5.41) is 8.43. The highest BCUT2D eigenvalue weighted by atomic mass is 19.1. The third kappa shape index (κ3) is 2.76. The molecule has 0 atom stereocenters. The van der Waals surface area contributed by atoms with Gasteiger partial charge in [0.05, 0.1) is 13.0 Å². The van der Waals surface area contributed by atoms with Crippen LogP contribution in [0, 0.1) is 23.0 Å². The van der Waals surface area contributed by atoms with E-state index < -0.39 is 23.2 Å². The van der Waals surface area contributed by atoms with Crippen LogP contribution in [-0.2, 0) is 16.0 Å². The van der Waals surface area contributed by atoms with Crippen molar-refractivity contribution in [3.05, 3.63) is 34.9 Å². The highest BCUT2D eigenvalue weighted by Gasteiger charge is 2.12. The van der Waals surface area contributed by atoms with Crippen molar-refractivity contribution in [2.75, 3.05) is 6.61 Å². The smallest absolute Gasteiger partial charge is 0.310 e. The van der Waals surface area contributed by atoms with Gasteiger partial charge in [-0.05, 0) is 24.6 Å². The number of rotatable bonds is 3. The van der Waals surface area contributed by atoms with E-state index in [1.165, 1.54) is 6.07 Å². The summed E-state index contributed by atoms with van der Waals surface area (Å²) in [6.07, 6.45) is -0.215. The molecule has 1 aromatic rings. The van der Waals surface area contributed by atoms with Gasteiger partial charge in [-0.1, -0.05) is 0 Å². The van der Waals surface area contributed by atoms with Gasteiger partial charge in [-0.15, -0.1) is 0 Å². The van der Waals surface area contributed by atoms with Crippen LogP contribution in [0.3, 0.4) is 0 Å². The molecular weight excluding hydrogens is 216 g/mol. The maximum atomic E-state index is 13.1. The van der Waals surface area contributed by atoms with Gasteiger partial charge in [-0.3, -0.25) is 4.79 Å².